The lowest BCUT2D eigenvalue weighted by atomic mass is 10.0. The van der Waals surface area contributed by atoms with Crippen molar-refractivity contribution in [1.29, 1.82) is 0 Å². The first-order valence-corrected chi connectivity index (χ1v) is 6.00. The van der Waals surface area contributed by atoms with Crippen LogP contribution in [0, 0.1) is 17.0 Å². The summed E-state index contributed by atoms with van der Waals surface area (Å²) >= 11 is 1.26. The van der Waals surface area contributed by atoms with E-state index in [2.05, 4.69) is 0 Å². The first-order valence-electron chi connectivity index (χ1n) is 5.05. The Balaban J connectivity index is 2.58. The number of benzene rings is 1. The minimum atomic E-state index is -1.03. The first-order chi connectivity index (χ1) is 8.50. The number of thiophene rings is 1. The number of aryl methyl sites for hydroxylation is 1. The molecule has 0 bridgehead atoms. The maximum Gasteiger partial charge on any atom is 0.337 e. The SMILES string of the molecule is Cc1ccc(-c2cscc2C(=O)O)cc1[N+](=O)[O-]. The zero-order valence-corrected chi connectivity index (χ0v) is 10.2. The Morgan fingerprint density at radius 1 is 1.39 bits per heavy atom. The van der Waals surface area contributed by atoms with Gasteiger partial charge in [0.15, 0.2) is 0 Å². The van der Waals surface area contributed by atoms with Gasteiger partial charge in [0.05, 0.1) is 10.5 Å². The summed E-state index contributed by atoms with van der Waals surface area (Å²) in [6.45, 7) is 1.65. The molecular formula is C12H9NO4S. The Kier molecular flexibility index (Phi) is 3.12. The largest absolute Gasteiger partial charge is 0.478 e. The van der Waals surface area contributed by atoms with Gasteiger partial charge in [-0.1, -0.05) is 12.1 Å². The van der Waals surface area contributed by atoms with E-state index in [4.69, 9.17) is 5.11 Å². The highest BCUT2D eigenvalue weighted by Gasteiger charge is 2.16. The molecule has 0 unspecified atom stereocenters. The van der Waals surface area contributed by atoms with Crippen molar-refractivity contribution in [3.05, 3.63) is 50.2 Å². The van der Waals surface area contributed by atoms with E-state index in [-0.39, 0.29) is 11.3 Å². The number of aromatic carboxylic acids is 1. The molecule has 0 aliphatic rings. The fourth-order valence-electron chi connectivity index (χ4n) is 1.66. The fraction of sp³-hybridized carbons (Fsp3) is 0.0833. The third-order valence-electron chi connectivity index (χ3n) is 2.61. The lowest BCUT2D eigenvalue weighted by Crippen LogP contribution is -1.97. The monoisotopic (exact) mass is 263 g/mol. The highest BCUT2D eigenvalue weighted by Crippen LogP contribution is 2.31. The van der Waals surface area contributed by atoms with Gasteiger partial charge in [0.2, 0.25) is 0 Å². The van der Waals surface area contributed by atoms with E-state index in [9.17, 15) is 14.9 Å². The summed E-state index contributed by atoms with van der Waals surface area (Å²) in [6.07, 6.45) is 0. The molecule has 1 aromatic heterocycles. The molecule has 2 rings (SSSR count). The number of nitro groups is 1. The summed E-state index contributed by atoms with van der Waals surface area (Å²) in [5, 5.41) is 23.1. The predicted molar refractivity (Wildman–Crippen MR) is 68.1 cm³/mol. The van der Waals surface area contributed by atoms with E-state index >= 15 is 0 Å². The molecule has 0 saturated heterocycles. The normalized spacial score (nSPS) is 10.3. The van der Waals surface area contributed by atoms with Crippen LogP contribution in [0.25, 0.3) is 11.1 Å². The van der Waals surface area contributed by atoms with Crippen molar-refractivity contribution in [3.8, 4) is 11.1 Å². The van der Waals surface area contributed by atoms with Crippen LogP contribution in [-0.4, -0.2) is 16.0 Å². The number of hydrogen-bond acceptors (Lipinski definition) is 4. The summed E-state index contributed by atoms with van der Waals surface area (Å²) < 4.78 is 0. The molecule has 0 saturated carbocycles. The predicted octanol–water partition coefficient (Wildman–Crippen LogP) is 3.33. The van der Waals surface area contributed by atoms with Crippen LogP contribution in [-0.2, 0) is 0 Å². The average molecular weight is 263 g/mol. The molecule has 0 aliphatic heterocycles. The van der Waals surface area contributed by atoms with Crippen molar-refractivity contribution in [3.63, 3.8) is 0 Å². The van der Waals surface area contributed by atoms with Gasteiger partial charge in [-0.05, 0) is 17.9 Å². The smallest absolute Gasteiger partial charge is 0.337 e. The highest BCUT2D eigenvalue weighted by molar-refractivity contribution is 7.08. The number of hydrogen-bond donors (Lipinski definition) is 1. The van der Waals surface area contributed by atoms with Crippen molar-refractivity contribution in [1.82, 2.24) is 0 Å². The highest BCUT2D eigenvalue weighted by atomic mass is 32.1. The minimum Gasteiger partial charge on any atom is -0.478 e. The van der Waals surface area contributed by atoms with E-state index in [0.29, 0.717) is 16.7 Å². The lowest BCUT2D eigenvalue weighted by molar-refractivity contribution is -0.385. The van der Waals surface area contributed by atoms with Crippen LogP contribution < -0.4 is 0 Å². The fourth-order valence-corrected chi connectivity index (χ4v) is 2.49. The maximum atomic E-state index is 11.0. The van der Waals surface area contributed by atoms with E-state index < -0.39 is 10.9 Å². The quantitative estimate of drug-likeness (QED) is 0.680. The Morgan fingerprint density at radius 3 is 2.72 bits per heavy atom. The van der Waals surface area contributed by atoms with Gasteiger partial charge in [-0.3, -0.25) is 10.1 Å². The molecule has 0 atom stereocenters. The van der Waals surface area contributed by atoms with Gasteiger partial charge >= 0.3 is 5.97 Å². The van der Waals surface area contributed by atoms with Gasteiger partial charge < -0.3 is 5.11 Å². The van der Waals surface area contributed by atoms with Crippen molar-refractivity contribution >= 4 is 23.0 Å². The molecule has 5 nitrogen and oxygen atoms in total. The maximum absolute atomic E-state index is 11.0. The topological polar surface area (TPSA) is 80.4 Å². The van der Waals surface area contributed by atoms with E-state index in [1.54, 1.807) is 24.4 Å². The molecule has 0 spiro atoms. The Hall–Kier alpha value is -2.21. The summed E-state index contributed by atoms with van der Waals surface area (Å²) in [7, 11) is 0. The molecular weight excluding hydrogens is 254 g/mol. The molecule has 0 radical (unpaired) electrons. The Bertz CT molecular complexity index is 633. The van der Waals surface area contributed by atoms with Gasteiger partial charge in [-0.25, -0.2) is 4.79 Å². The molecule has 18 heavy (non-hydrogen) atoms. The van der Waals surface area contributed by atoms with Gasteiger partial charge in [-0.2, -0.15) is 11.3 Å². The number of carboxylic acid groups (broad SMARTS) is 1. The molecule has 2 aromatic rings. The molecule has 1 N–H and O–H groups in total. The second-order valence-corrected chi connectivity index (χ2v) is 4.51. The van der Waals surface area contributed by atoms with Crippen molar-refractivity contribution in [2.45, 2.75) is 6.92 Å². The van der Waals surface area contributed by atoms with Crippen LogP contribution in [0.4, 0.5) is 5.69 Å². The summed E-state index contributed by atoms with van der Waals surface area (Å²) in [5.41, 5.74) is 1.77. The number of carboxylic acids is 1. The number of nitro benzene ring substituents is 1. The summed E-state index contributed by atoms with van der Waals surface area (Å²) in [5.74, 6) is -1.03. The van der Waals surface area contributed by atoms with Gasteiger partial charge in [-0.15, -0.1) is 0 Å². The first kappa shape index (κ1) is 12.3. The van der Waals surface area contributed by atoms with Crippen molar-refractivity contribution in [2.75, 3.05) is 0 Å². The number of nitrogens with zero attached hydrogens (tertiary/aromatic N) is 1. The lowest BCUT2D eigenvalue weighted by Gasteiger charge is -2.03. The molecule has 0 amide bonds. The molecule has 1 heterocycles. The van der Waals surface area contributed by atoms with Crippen molar-refractivity contribution < 1.29 is 14.8 Å². The second-order valence-electron chi connectivity index (χ2n) is 3.76. The zero-order valence-electron chi connectivity index (χ0n) is 9.41. The third kappa shape index (κ3) is 2.10. The van der Waals surface area contributed by atoms with Crippen molar-refractivity contribution in [2.24, 2.45) is 0 Å². The number of rotatable bonds is 3. The van der Waals surface area contributed by atoms with Crippen LogP contribution in [0.1, 0.15) is 15.9 Å². The molecule has 0 fully saturated rings. The van der Waals surface area contributed by atoms with E-state index in [0.717, 1.165) is 0 Å². The van der Waals surface area contributed by atoms with Gasteiger partial charge in [0.1, 0.15) is 0 Å². The van der Waals surface area contributed by atoms with Gasteiger partial charge in [0, 0.05) is 22.6 Å². The molecule has 92 valence electrons. The summed E-state index contributed by atoms with van der Waals surface area (Å²) in [4.78, 5) is 21.4. The van der Waals surface area contributed by atoms with Crippen LogP contribution in [0.15, 0.2) is 29.0 Å². The Labute approximate surface area is 106 Å². The van der Waals surface area contributed by atoms with Crippen LogP contribution >= 0.6 is 11.3 Å². The van der Waals surface area contributed by atoms with Gasteiger partial charge in [0.25, 0.3) is 5.69 Å². The number of carbonyl (C=O) groups is 1. The van der Waals surface area contributed by atoms with Crippen LogP contribution in [0.2, 0.25) is 0 Å². The average Bonchev–Trinajstić information content (AvgIpc) is 2.78. The van der Waals surface area contributed by atoms with Crippen LogP contribution in [0.3, 0.4) is 0 Å². The molecule has 1 aromatic carbocycles. The van der Waals surface area contributed by atoms with Crippen LogP contribution in [0.5, 0.6) is 0 Å². The van der Waals surface area contributed by atoms with E-state index in [1.165, 1.54) is 22.8 Å². The molecule has 6 heteroatoms. The summed E-state index contributed by atoms with van der Waals surface area (Å²) in [6, 6.07) is 4.72. The second kappa shape index (κ2) is 4.58. The van der Waals surface area contributed by atoms with E-state index in [1.807, 2.05) is 0 Å². The molecule has 0 aliphatic carbocycles. The third-order valence-corrected chi connectivity index (χ3v) is 3.35. The zero-order chi connectivity index (χ0) is 13.3. The minimum absolute atomic E-state index is 0.00459. The standard InChI is InChI=1S/C12H9NO4S/c1-7-2-3-8(4-11(7)13(16)17)9-5-18-6-10(9)12(14)15/h2-6H,1H3,(H,14,15). The Morgan fingerprint density at radius 2 is 2.11 bits per heavy atom.